The molecule has 6 heteroatoms. The third kappa shape index (κ3) is 1.81. The number of aromatic nitrogens is 3. The fraction of sp³-hybridized carbons (Fsp3) is 0. The monoisotopic (exact) mass is 216 g/mol. The minimum Gasteiger partial charge on any atom is -0.478 e. The molecule has 0 spiro atoms. The van der Waals surface area contributed by atoms with E-state index in [1.807, 2.05) is 0 Å². The maximum Gasteiger partial charge on any atom is 0.335 e. The molecule has 0 amide bonds. The van der Waals surface area contributed by atoms with E-state index in [2.05, 4.69) is 10.2 Å². The Bertz CT molecular complexity index is 516. The number of aromatic carboxylic acids is 1. The van der Waals surface area contributed by atoms with Gasteiger partial charge < -0.3 is 5.11 Å². The second-order valence-corrected chi connectivity index (χ2v) is 3.10. The normalized spacial score (nSPS) is 10.0. The van der Waals surface area contributed by atoms with Crippen molar-refractivity contribution in [3.63, 3.8) is 0 Å². The molecule has 0 aliphatic rings. The topological polar surface area (TPSA) is 91.9 Å². The fourth-order valence-electron chi connectivity index (χ4n) is 1.24. The summed E-state index contributed by atoms with van der Waals surface area (Å²) < 4.78 is 1.44. The summed E-state index contributed by atoms with van der Waals surface area (Å²) in [4.78, 5) is 10.6. The molecule has 0 saturated heterocycles. The van der Waals surface area contributed by atoms with Crippen LogP contribution in [0.2, 0.25) is 0 Å². The van der Waals surface area contributed by atoms with Gasteiger partial charge >= 0.3 is 5.97 Å². The van der Waals surface area contributed by atoms with Gasteiger partial charge in [-0.05, 0) is 12.1 Å². The molecule has 2 rings (SSSR count). The molecule has 0 aliphatic heterocycles. The lowest BCUT2D eigenvalue weighted by Crippen LogP contribution is -2.10. The molecule has 80 valence electrons. The van der Waals surface area contributed by atoms with Crippen LogP contribution < -0.4 is 0 Å². The van der Waals surface area contributed by atoms with Crippen molar-refractivity contribution in [2.45, 2.75) is 0 Å². The van der Waals surface area contributed by atoms with Crippen LogP contribution in [-0.2, 0) is 0 Å². The molecule has 1 aromatic heterocycles. The summed E-state index contributed by atoms with van der Waals surface area (Å²) >= 11 is 0. The highest BCUT2D eigenvalue weighted by atomic mass is 16.4. The smallest absolute Gasteiger partial charge is 0.335 e. The molecule has 0 unspecified atom stereocenters. The summed E-state index contributed by atoms with van der Waals surface area (Å²) in [6.07, 6.45) is 2.82. The van der Waals surface area contributed by atoms with Crippen LogP contribution in [-0.4, -0.2) is 31.7 Å². The predicted octanol–water partition coefficient (Wildman–Crippen LogP) is 0.850. The number of carboxylic acids is 1. The van der Waals surface area contributed by atoms with Gasteiger partial charge in [-0.15, -0.1) is 10.2 Å². The SMILES string of the molecule is N=C(c1ccc(C(=O)O)cc1)n1cnnc1. The lowest BCUT2D eigenvalue weighted by Gasteiger charge is -2.03. The van der Waals surface area contributed by atoms with Gasteiger partial charge in [0.15, 0.2) is 0 Å². The molecular weight excluding hydrogens is 208 g/mol. The lowest BCUT2D eigenvalue weighted by molar-refractivity contribution is 0.0697. The molecule has 2 aromatic rings. The van der Waals surface area contributed by atoms with Crippen LogP contribution in [0.1, 0.15) is 15.9 Å². The van der Waals surface area contributed by atoms with E-state index in [1.54, 1.807) is 12.1 Å². The van der Waals surface area contributed by atoms with Crippen LogP contribution in [0.15, 0.2) is 36.9 Å². The molecule has 0 saturated carbocycles. The van der Waals surface area contributed by atoms with Crippen LogP contribution in [0.4, 0.5) is 0 Å². The zero-order valence-electron chi connectivity index (χ0n) is 8.16. The minimum atomic E-state index is -0.984. The van der Waals surface area contributed by atoms with Crippen LogP contribution in [0.25, 0.3) is 0 Å². The van der Waals surface area contributed by atoms with E-state index >= 15 is 0 Å². The third-order valence-electron chi connectivity index (χ3n) is 2.08. The Labute approximate surface area is 90.7 Å². The first kappa shape index (κ1) is 10.0. The number of nitrogens with zero attached hydrogens (tertiary/aromatic N) is 3. The van der Waals surface area contributed by atoms with Gasteiger partial charge in [-0.25, -0.2) is 4.79 Å². The zero-order valence-corrected chi connectivity index (χ0v) is 8.16. The van der Waals surface area contributed by atoms with E-state index < -0.39 is 5.97 Å². The minimum absolute atomic E-state index is 0.195. The Balaban J connectivity index is 2.29. The Morgan fingerprint density at radius 2 is 1.62 bits per heavy atom. The van der Waals surface area contributed by atoms with E-state index in [-0.39, 0.29) is 11.4 Å². The standard InChI is InChI=1S/C10H8N4O2/c11-9(14-5-12-13-6-14)7-1-3-8(4-2-7)10(15)16/h1-6,11H,(H,15,16). The first-order valence-corrected chi connectivity index (χ1v) is 4.46. The van der Waals surface area contributed by atoms with Crippen molar-refractivity contribution in [3.05, 3.63) is 48.0 Å². The summed E-state index contributed by atoms with van der Waals surface area (Å²) in [5.74, 6) is -0.788. The molecule has 16 heavy (non-hydrogen) atoms. The van der Waals surface area contributed by atoms with Gasteiger partial charge in [0.2, 0.25) is 0 Å². The average Bonchev–Trinajstić information content (AvgIpc) is 2.81. The highest BCUT2D eigenvalue weighted by molar-refractivity contribution is 5.98. The molecule has 1 aromatic carbocycles. The van der Waals surface area contributed by atoms with Crippen LogP contribution >= 0.6 is 0 Å². The maximum absolute atomic E-state index is 10.6. The number of carbonyl (C=O) groups is 1. The van der Waals surface area contributed by atoms with Gasteiger partial charge in [0, 0.05) is 5.56 Å². The van der Waals surface area contributed by atoms with Crippen molar-refractivity contribution in [1.29, 1.82) is 5.41 Å². The number of hydrogen-bond acceptors (Lipinski definition) is 4. The third-order valence-corrected chi connectivity index (χ3v) is 2.08. The number of rotatable bonds is 2. The first-order valence-electron chi connectivity index (χ1n) is 4.46. The molecule has 0 fully saturated rings. The van der Waals surface area contributed by atoms with Gasteiger partial charge in [-0.3, -0.25) is 9.98 Å². The largest absolute Gasteiger partial charge is 0.478 e. The second-order valence-electron chi connectivity index (χ2n) is 3.10. The van der Waals surface area contributed by atoms with Crippen molar-refractivity contribution in [2.24, 2.45) is 0 Å². The zero-order chi connectivity index (χ0) is 11.5. The lowest BCUT2D eigenvalue weighted by atomic mass is 10.1. The summed E-state index contributed by atoms with van der Waals surface area (Å²) in [6, 6.07) is 6.06. The Morgan fingerprint density at radius 1 is 1.12 bits per heavy atom. The van der Waals surface area contributed by atoms with Crippen molar-refractivity contribution in [3.8, 4) is 0 Å². The fourth-order valence-corrected chi connectivity index (χ4v) is 1.24. The molecule has 0 bridgehead atoms. The Morgan fingerprint density at radius 3 is 2.12 bits per heavy atom. The second kappa shape index (κ2) is 3.93. The molecule has 0 radical (unpaired) electrons. The van der Waals surface area contributed by atoms with Crippen molar-refractivity contribution in [2.75, 3.05) is 0 Å². The number of nitrogens with one attached hydrogen (secondary N) is 1. The number of carboxylic acid groups (broad SMARTS) is 1. The van der Waals surface area contributed by atoms with E-state index in [0.29, 0.717) is 5.56 Å². The Kier molecular flexibility index (Phi) is 2.47. The van der Waals surface area contributed by atoms with Gasteiger partial charge in [0.1, 0.15) is 18.5 Å². The molecule has 0 aliphatic carbocycles. The summed E-state index contributed by atoms with van der Waals surface area (Å²) in [6.45, 7) is 0. The molecule has 2 N–H and O–H groups in total. The number of benzene rings is 1. The predicted molar refractivity (Wildman–Crippen MR) is 55.7 cm³/mol. The van der Waals surface area contributed by atoms with Crippen molar-refractivity contribution in [1.82, 2.24) is 14.8 Å². The van der Waals surface area contributed by atoms with Gasteiger partial charge in [-0.1, -0.05) is 12.1 Å². The quantitative estimate of drug-likeness (QED) is 0.575. The van der Waals surface area contributed by atoms with Gasteiger partial charge in [-0.2, -0.15) is 0 Å². The summed E-state index contributed by atoms with van der Waals surface area (Å²) in [5.41, 5.74) is 0.796. The molecule has 0 atom stereocenters. The Hall–Kier alpha value is -2.50. The van der Waals surface area contributed by atoms with Crippen LogP contribution in [0.5, 0.6) is 0 Å². The van der Waals surface area contributed by atoms with Crippen LogP contribution in [0.3, 0.4) is 0 Å². The van der Waals surface area contributed by atoms with E-state index in [9.17, 15) is 4.79 Å². The molecular formula is C10H8N4O2. The molecule has 1 heterocycles. The van der Waals surface area contributed by atoms with E-state index in [0.717, 1.165) is 0 Å². The maximum atomic E-state index is 10.6. The van der Waals surface area contributed by atoms with Gasteiger partial charge in [0.25, 0.3) is 0 Å². The summed E-state index contributed by atoms with van der Waals surface area (Å²) in [7, 11) is 0. The van der Waals surface area contributed by atoms with E-state index in [1.165, 1.54) is 29.4 Å². The van der Waals surface area contributed by atoms with Crippen molar-refractivity contribution >= 4 is 11.8 Å². The molecule has 6 nitrogen and oxygen atoms in total. The number of hydrogen-bond donors (Lipinski definition) is 2. The van der Waals surface area contributed by atoms with Gasteiger partial charge in [0.05, 0.1) is 5.56 Å². The van der Waals surface area contributed by atoms with Crippen LogP contribution in [0, 0.1) is 5.41 Å². The first-order chi connectivity index (χ1) is 7.68. The van der Waals surface area contributed by atoms with E-state index in [4.69, 9.17) is 10.5 Å². The van der Waals surface area contributed by atoms with Crippen molar-refractivity contribution < 1.29 is 9.90 Å². The summed E-state index contributed by atoms with van der Waals surface area (Å²) in [5, 5.41) is 23.7. The highest BCUT2D eigenvalue weighted by Gasteiger charge is 2.06. The highest BCUT2D eigenvalue weighted by Crippen LogP contribution is 2.06. The average molecular weight is 216 g/mol.